The summed E-state index contributed by atoms with van der Waals surface area (Å²) in [7, 11) is 1.68. The van der Waals surface area contributed by atoms with Crippen LogP contribution < -0.4 is 14.6 Å². The van der Waals surface area contributed by atoms with Crippen molar-refractivity contribution in [1.29, 1.82) is 0 Å². The van der Waals surface area contributed by atoms with E-state index in [1.165, 1.54) is 0 Å². The Balaban J connectivity index is 1.63. The molecule has 0 saturated heterocycles. The van der Waals surface area contributed by atoms with Crippen LogP contribution in [-0.4, -0.2) is 24.8 Å². The molecule has 0 radical (unpaired) electrons. The Morgan fingerprint density at radius 3 is 2.79 bits per heavy atom. The molecule has 1 heterocycles. The summed E-state index contributed by atoms with van der Waals surface area (Å²) in [6, 6.07) is 15.7. The number of anilines is 1. The second-order valence-electron chi connectivity index (χ2n) is 6.61. The highest BCUT2D eigenvalue weighted by Gasteiger charge is 2.20. The summed E-state index contributed by atoms with van der Waals surface area (Å²) in [5, 5.41) is 4.10. The van der Waals surface area contributed by atoms with Crippen molar-refractivity contribution in [3.63, 3.8) is 0 Å². The number of imidazole rings is 1. The van der Waals surface area contributed by atoms with Gasteiger partial charge in [0.15, 0.2) is 0 Å². The summed E-state index contributed by atoms with van der Waals surface area (Å²) in [4.78, 5) is 0. The van der Waals surface area contributed by atoms with Crippen molar-refractivity contribution < 1.29 is 14.0 Å². The van der Waals surface area contributed by atoms with Crippen LogP contribution in [0.4, 0.5) is 5.69 Å². The van der Waals surface area contributed by atoms with Crippen molar-refractivity contribution in [3.05, 3.63) is 90.5 Å². The van der Waals surface area contributed by atoms with Gasteiger partial charge in [0.2, 0.25) is 6.33 Å². The predicted octanol–water partition coefficient (Wildman–Crippen LogP) is 4.49. The maximum absolute atomic E-state index is 6.19. The number of nitrogens with zero attached hydrogens (tertiary/aromatic N) is 2. The van der Waals surface area contributed by atoms with E-state index in [9.17, 15) is 0 Å². The molecular formula is C23H27ClN3O2+. The van der Waals surface area contributed by atoms with E-state index >= 15 is 0 Å². The van der Waals surface area contributed by atoms with Crippen molar-refractivity contribution in [1.82, 2.24) is 4.57 Å². The van der Waals surface area contributed by atoms with Gasteiger partial charge in [0.05, 0.1) is 31.0 Å². The summed E-state index contributed by atoms with van der Waals surface area (Å²) < 4.78 is 15.8. The third kappa shape index (κ3) is 5.86. The molecule has 0 fully saturated rings. The standard InChI is InChI=1S/C23H27ClN3O2/c1-3-16-29-23(19-8-4-7-11-22(19)28-2)17-27-15-14-26(18-27)13-12-25-21-10-6-5-9-20(21)24/h3-11,14-15,18,23,25H,1,12-13,16-17H2,2H3/q+1. The molecular weight excluding hydrogens is 386 g/mol. The lowest BCUT2D eigenvalue weighted by Gasteiger charge is -2.18. The normalized spacial score (nSPS) is 11.8. The highest BCUT2D eigenvalue weighted by atomic mass is 35.5. The van der Waals surface area contributed by atoms with E-state index in [0.29, 0.717) is 13.2 Å². The molecule has 2 aromatic carbocycles. The highest BCUT2D eigenvalue weighted by molar-refractivity contribution is 6.33. The molecule has 3 rings (SSSR count). The van der Waals surface area contributed by atoms with E-state index in [1.807, 2.05) is 48.5 Å². The van der Waals surface area contributed by atoms with Gasteiger partial charge >= 0.3 is 0 Å². The monoisotopic (exact) mass is 412 g/mol. The highest BCUT2D eigenvalue weighted by Crippen LogP contribution is 2.27. The zero-order valence-electron chi connectivity index (χ0n) is 16.6. The van der Waals surface area contributed by atoms with Gasteiger partial charge < -0.3 is 14.8 Å². The van der Waals surface area contributed by atoms with E-state index in [4.69, 9.17) is 21.1 Å². The van der Waals surface area contributed by atoms with Gasteiger partial charge in [-0.25, -0.2) is 9.13 Å². The number of nitrogens with one attached hydrogen (secondary N) is 1. The Kier molecular flexibility index (Phi) is 7.73. The number of methoxy groups -OCH3 is 1. The molecule has 0 aliphatic heterocycles. The number of ether oxygens (including phenoxy) is 2. The molecule has 5 nitrogen and oxygen atoms in total. The predicted molar refractivity (Wildman–Crippen MR) is 116 cm³/mol. The second kappa shape index (κ2) is 10.7. The van der Waals surface area contributed by atoms with E-state index < -0.39 is 0 Å². The summed E-state index contributed by atoms with van der Waals surface area (Å²) in [5.41, 5.74) is 1.97. The lowest BCUT2D eigenvalue weighted by molar-refractivity contribution is -0.704. The maximum atomic E-state index is 6.19. The second-order valence-corrected chi connectivity index (χ2v) is 7.01. The van der Waals surface area contributed by atoms with Gasteiger partial charge in [0, 0.05) is 5.56 Å². The number of hydrogen-bond acceptors (Lipinski definition) is 3. The maximum Gasteiger partial charge on any atom is 0.243 e. The van der Waals surface area contributed by atoms with E-state index in [1.54, 1.807) is 13.2 Å². The Bertz CT molecular complexity index is 926. The molecule has 1 N–H and O–H groups in total. The fourth-order valence-electron chi connectivity index (χ4n) is 3.15. The van der Waals surface area contributed by atoms with Crippen molar-refractivity contribution >= 4 is 17.3 Å². The van der Waals surface area contributed by atoms with Crippen molar-refractivity contribution in [2.75, 3.05) is 25.6 Å². The Morgan fingerprint density at radius 2 is 2.00 bits per heavy atom. The van der Waals surface area contributed by atoms with Gasteiger partial charge in [-0.1, -0.05) is 48.0 Å². The minimum Gasteiger partial charge on any atom is -0.496 e. The topological polar surface area (TPSA) is 39.3 Å². The molecule has 0 saturated carbocycles. The van der Waals surface area contributed by atoms with Crippen molar-refractivity contribution in [2.45, 2.75) is 19.2 Å². The zero-order valence-corrected chi connectivity index (χ0v) is 17.4. The van der Waals surface area contributed by atoms with E-state index in [2.05, 4.69) is 39.8 Å². The average Bonchev–Trinajstić information content (AvgIpc) is 3.19. The van der Waals surface area contributed by atoms with E-state index in [-0.39, 0.29) is 6.10 Å². The van der Waals surface area contributed by atoms with E-state index in [0.717, 1.165) is 35.1 Å². The van der Waals surface area contributed by atoms with Crippen LogP contribution >= 0.6 is 11.6 Å². The summed E-state index contributed by atoms with van der Waals surface area (Å²) in [6.07, 6.45) is 7.81. The van der Waals surface area contributed by atoms with Crippen LogP contribution in [0.2, 0.25) is 5.02 Å². The molecule has 0 aliphatic rings. The number of rotatable bonds is 11. The lowest BCUT2D eigenvalue weighted by Crippen LogP contribution is -2.35. The summed E-state index contributed by atoms with van der Waals surface area (Å²) in [6.45, 7) is 6.52. The molecule has 1 unspecified atom stereocenters. The van der Waals surface area contributed by atoms with Gasteiger partial charge in [-0.15, -0.1) is 6.58 Å². The fraction of sp³-hybridized carbons (Fsp3) is 0.261. The van der Waals surface area contributed by atoms with Crippen molar-refractivity contribution in [2.24, 2.45) is 0 Å². The third-order valence-corrected chi connectivity index (χ3v) is 4.91. The Morgan fingerprint density at radius 1 is 1.21 bits per heavy atom. The first-order valence-electron chi connectivity index (χ1n) is 9.60. The SMILES string of the molecule is C=CCOC(C[n+]1ccn(CCNc2ccccc2Cl)c1)c1ccccc1OC. The first-order chi connectivity index (χ1) is 14.2. The molecule has 29 heavy (non-hydrogen) atoms. The molecule has 0 aliphatic carbocycles. The molecule has 1 atom stereocenters. The van der Waals surface area contributed by atoms with Crippen LogP contribution in [0.25, 0.3) is 0 Å². The third-order valence-electron chi connectivity index (χ3n) is 4.58. The van der Waals surface area contributed by atoms with Crippen molar-refractivity contribution in [3.8, 4) is 5.75 Å². The van der Waals surface area contributed by atoms with Crippen LogP contribution in [0.5, 0.6) is 5.75 Å². The van der Waals surface area contributed by atoms with Crippen LogP contribution in [0.1, 0.15) is 11.7 Å². The molecule has 3 aromatic rings. The molecule has 1 aromatic heterocycles. The van der Waals surface area contributed by atoms with Crippen LogP contribution in [0.15, 0.2) is 79.9 Å². The first-order valence-corrected chi connectivity index (χ1v) is 9.97. The largest absolute Gasteiger partial charge is 0.496 e. The fourth-order valence-corrected chi connectivity index (χ4v) is 3.35. The molecule has 0 spiro atoms. The number of para-hydroxylation sites is 2. The molecule has 0 bridgehead atoms. The molecule has 152 valence electrons. The number of halogens is 1. The zero-order chi connectivity index (χ0) is 20.5. The first kappa shape index (κ1) is 21.0. The van der Waals surface area contributed by atoms with Crippen LogP contribution in [0, 0.1) is 0 Å². The summed E-state index contributed by atoms with van der Waals surface area (Å²) in [5.74, 6) is 0.825. The number of benzene rings is 2. The van der Waals surface area contributed by atoms with Crippen LogP contribution in [0.3, 0.4) is 0 Å². The van der Waals surface area contributed by atoms with Gasteiger partial charge in [0.1, 0.15) is 37.3 Å². The minimum absolute atomic E-state index is 0.133. The quantitative estimate of drug-likeness (QED) is 0.372. The Hall–Kier alpha value is -2.76. The van der Waals surface area contributed by atoms with Crippen LogP contribution in [-0.2, 0) is 17.8 Å². The number of hydrogen-bond donors (Lipinski definition) is 1. The number of aromatic nitrogens is 2. The summed E-state index contributed by atoms with van der Waals surface area (Å²) >= 11 is 6.19. The Labute approximate surface area is 177 Å². The minimum atomic E-state index is -0.133. The van der Waals surface area contributed by atoms with Gasteiger partial charge in [0.25, 0.3) is 0 Å². The van der Waals surface area contributed by atoms with Gasteiger partial charge in [-0.3, -0.25) is 0 Å². The van der Waals surface area contributed by atoms with Gasteiger partial charge in [-0.2, -0.15) is 0 Å². The van der Waals surface area contributed by atoms with Gasteiger partial charge in [-0.05, 0) is 18.2 Å². The molecule has 6 heteroatoms. The average molecular weight is 413 g/mol. The molecule has 0 amide bonds. The lowest BCUT2D eigenvalue weighted by atomic mass is 10.1. The smallest absolute Gasteiger partial charge is 0.243 e.